The molecule has 1 heterocycles. The molecule has 146 valence electrons. The highest BCUT2D eigenvalue weighted by atomic mass is 16.6. The zero-order valence-electron chi connectivity index (χ0n) is 15.2. The first-order valence-electron chi connectivity index (χ1n) is 8.64. The van der Waals surface area contributed by atoms with Crippen LogP contribution >= 0.6 is 0 Å². The number of nitrogens with zero attached hydrogens (tertiary/aromatic N) is 2. The predicted molar refractivity (Wildman–Crippen MR) is 102 cm³/mol. The number of carbonyl (C=O) groups is 2. The van der Waals surface area contributed by atoms with Crippen LogP contribution in [0.3, 0.4) is 0 Å². The van der Waals surface area contributed by atoms with Crippen LogP contribution in [-0.4, -0.2) is 37.0 Å². The van der Waals surface area contributed by atoms with Gasteiger partial charge in [0, 0.05) is 19.0 Å². The molecule has 0 spiro atoms. The van der Waals surface area contributed by atoms with Crippen LogP contribution in [0.25, 0.3) is 0 Å². The maximum absolute atomic E-state index is 12.3. The minimum Gasteiger partial charge on any atom is -0.493 e. The number of anilines is 2. The van der Waals surface area contributed by atoms with Gasteiger partial charge < -0.3 is 19.7 Å². The van der Waals surface area contributed by atoms with E-state index in [9.17, 15) is 19.7 Å². The summed E-state index contributed by atoms with van der Waals surface area (Å²) >= 11 is 0. The Morgan fingerprint density at radius 1 is 1.25 bits per heavy atom. The smallest absolute Gasteiger partial charge is 0.273 e. The fourth-order valence-electron chi connectivity index (χ4n) is 2.94. The van der Waals surface area contributed by atoms with Gasteiger partial charge in [-0.1, -0.05) is 12.1 Å². The number of nitrogens with one attached hydrogen (secondary N) is 1. The molecule has 0 aliphatic carbocycles. The summed E-state index contributed by atoms with van der Waals surface area (Å²) in [5, 5.41) is 13.6. The fraction of sp³-hybridized carbons (Fsp3) is 0.263. The predicted octanol–water partition coefficient (Wildman–Crippen LogP) is 2.75. The molecule has 2 aromatic rings. The van der Waals surface area contributed by atoms with Gasteiger partial charge in [-0.05, 0) is 24.6 Å². The molecule has 1 fully saturated rings. The van der Waals surface area contributed by atoms with Gasteiger partial charge in [-0.25, -0.2) is 0 Å². The maximum atomic E-state index is 12.3. The third kappa shape index (κ3) is 4.20. The minimum absolute atomic E-state index is 0.0132. The number of rotatable bonds is 7. The van der Waals surface area contributed by atoms with Crippen LogP contribution in [0.5, 0.6) is 11.5 Å². The van der Waals surface area contributed by atoms with Crippen LogP contribution in [0.15, 0.2) is 42.5 Å². The number of amides is 2. The molecule has 1 saturated heterocycles. The summed E-state index contributed by atoms with van der Waals surface area (Å²) in [6, 6.07) is 10.9. The fourth-order valence-corrected chi connectivity index (χ4v) is 2.94. The number of non-ortho nitro benzene ring substituents is 1. The molecule has 2 amide bonds. The van der Waals surface area contributed by atoms with Crippen LogP contribution in [0, 0.1) is 10.1 Å². The highest BCUT2D eigenvalue weighted by Gasteiger charge is 2.24. The lowest BCUT2D eigenvalue weighted by molar-refractivity contribution is -0.385. The molecule has 1 N–H and O–H groups in total. The first-order chi connectivity index (χ1) is 13.5. The van der Waals surface area contributed by atoms with E-state index in [2.05, 4.69) is 5.32 Å². The van der Waals surface area contributed by atoms with Gasteiger partial charge in [0.1, 0.15) is 0 Å². The van der Waals surface area contributed by atoms with Crippen molar-refractivity contribution < 1.29 is 24.0 Å². The van der Waals surface area contributed by atoms with Gasteiger partial charge in [0.05, 0.1) is 29.5 Å². The number of carbonyl (C=O) groups excluding carboxylic acids is 2. The Kier molecular flexibility index (Phi) is 5.73. The van der Waals surface area contributed by atoms with E-state index in [-0.39, 0.29) is 29.7 Å². The van der Waals surface area contributed by atoms with Crippen molar-refractivity contribution in [1.29, 1.82) is 0 Å². The lowest BCUT2D eigenvalue weighted by Crippen LogP contribution is -2.27. The van der Waals surface area contributed by atoms with E-state index in [0.717, 1.165) is 6.42 Å². The van der Waals surface area contributed by atoms with E-state index in [0.29, 0.717) is 24.3 Å². The zero-order valence-corrected chi connectivity index (χ0v) is 15.2. The average Bonchev–Trinajstić information content (AvgIpc) is 3.12. The van der Waals surface area contributed by atoms with Crippen molar-refractivity contribution in [3.8, 4) is 11.5 Å². The normalized spacial score (nSPS) is 13.3. The van der Waals surface area contributed by atoms with Crippen molar-refractivity contribution in [3.05, 3.63) is 52.6 Å². The molecular weight excluding hydrogens is 366 g/mol. The molecule has 0 saturated carbocycles. The second kappa shape index (κ2) is 8.38. The Labute approximate surface area is 161 Å². The lowest BCUT2D eigenvalue weighted by Gasteiger charge is -2.20. The molecule has 1 aliphatic rings. The number of benzene rings is 2. The van der Waals surface area contributed by atoms with Crippen molar-refractivity contribution in [2.45, 2.75) is 12.8 Å². The highest BCUT2D eigenvalue weighted by Crippen LogP contribution is 2.32. The van der Waals surface area contributed by atoms with Crippen molar-refractivity contribution in [2.75, 3.05) is 30.5 Å². The molecule has 3 rings (SSSR count). The molecule has 0 radical (unpaired) electrons. The third-order valence-corrected chi connectivity index (χ3v) is 4.26. The molecule has 2 aromatic carbocycles. The van der Waals surface area contributed by atoms with Gasteiger partial charge in [-0.15, -0.1) is 0 Å². The van der Waals surface area contributed by atoms with E-state index in [1.165, 1.54) is 25.3 Å². The number of ether oxygens (including phenoxy) is 2. The van der Waals surface area contributed by atoms with Gasteiger partial charge in [0.15, 0.2) is 18.1 Å². The molecule has 1 aliphatic heterocycles. The largest absolute Gasteiger partial charge is 0.493 e. The van der Waals surface area contributed by atoms with E-state index in [4.69, 9.17) is 9.47 Å². The van der Waals surface area contributed by atoms with E-state index < -0.39 is 10.8 Å². The van der Waals surface area contributed by atoms with Crippen LogP contribution in [-0.2, 0) is 9.59 Å². The second-order valence-corrected chi connectivity index (χ2v) is 6.10. The monoisotopic (exact) mass is 385 g/mol. The van der Waals surface area contributed by atoms with Crippen molar-refractivity contribution in [1.82, 2.24) is 0 Å². The summed E-state index contributed by atoms with van der Waals surface area (Å²) in [5.74, 6) is -0.0803. The summed E-state index contributed by atoms with van der Waals surface area (Å²) in [6.45, 7) is 0.229. The van der Waals surface area contributed by atoms with Gasteiger partial charge >= 0.3 is 0 Å². The number of nitro benzene ring substituents is 1. The van der Waals surface area contributed by atoms with Crippen LogP contribution < -0.4 is 19.7 Å². The molecule has 9 heteroatoms. The molecule has 0 atom stereocenters. The number of hydrogen-bond acceptors (Lipinski definition) is 6. The SMILES string of the molecule is COc1ccc([N+](=O)[O-])cc1OCC(=O)Nc1ccccc1N1CCCC1=O. The first kappa shape index (κ1) is 19.2. The van der Waals surface area contributed by atoms with E-state index >= 15 is 0 Å². The maximum Gasteiger partial charge on any atom is 0.273 e. The summed E-state index contributed by atoms with van der Waals surface area (Å²) in [5.41, 5.74) is 0.956. The Morgan fingerprint density at radius 3 is 2.71 bits per heavy atom. The van der Waals surface area contributed by atoms with Gasteiger partial charge in [-0.3, -0.25) is 19.7 Å². The van der Waals surface area contributed by atoms with Crippen LogP contribution in [0.1, 0.15) is 12.8 Å². The van der Waals surface area contributed by atoms with Crippen molar-refractivity contribution in [2.24, 2.45) is 0 Å². The second-order valence-electron chi connectivity index (χ2n) is 6.10. The lowest BCUT2D eigenvalue weighted by atomic mass is 10.2. The Morgan fingerprint density at radius 2 is 2.04 bits per heavy atom. The number of methoxy groups -OCH3 is 1. The molecular formula is C19H19N3O6. The molecule has 0 unspecified atom stereocenters. The van der Waals surface area contributed by atoms with Gasteiger partial charge in [0.25, 0.3) is 11.6 Å². The van der Waals surface area contributed by atoms with Crippen LogP contribution in [0.2, 0.25) is 0 Å². The number of hydrogen-bond donors (Lipinski definition) is 1. The average molecular weight is 385 g/mol. The number of para-hydroxylation sites is 2. The van der Waals surface area contributed by atoms with Gasteiger partial charge in [-0.2, -0.15) is 0 Å². The van der Waals surface area contributed by atoms with Crippen molar-refractivity contribution in [3.63, 3.8) is 0 Å². The van der Waals surface area contributed by atoms with E-state index in [1.54, 1.807) is 29.2 Å². The van der Waals surface area contributed by atoms with Crippen LogP contribution in [0.4, 0.5) is 17.1 Å². The summed E-state index contributed by atoms with van der Waals surface area (Å²) < 4.78 is 10.5. The Bertz CT molecular complexity index is 914. The summed E-state index contributed by atoms with van der Waals surface area (Å²) in [7, 11) is 1.40. The van der Waals surface area contributed by atoms with Gasteiger partial charge in [0.2, 0.25) is 5.91 Å². The molecule has 28 heavy (non-hydrogen) atoms. The topological polar surface area (TPSA) is 111 Å². The Hall–Kier alpha value is -3.62. The first-order valence-corrected chi connectivity index (χ1v) is 8.64. The zero-order chi connectivity index (χ0) is 20.1. The Balaban J connectivity index is 1.70. The third-order valence-electron chi connectivity index (χ3n) is 4.26. The quantitative estimate of drug-likeness (QED) is 0.579. The standard InChI is InChI=1S/C19H19N3O6/c1-27-16-9-8-13(22(25)26)11-17(16)28-12-18(23)20-14-5-2-3-6-15(14)21-10-4-7-19(21)24/h2-3,5-6,8-9,11H,4,7,10,12H2,1H3,(H,20,23). The minimum atomic E-state index is -0.560. The summed E-state index contributed by atoms with van der Waals surface area (Å²) in [6.07, 6.45) is 1.26. The molecule has 0 bridgehead atoms. The molecule has 9 nitrogen and oxygen atoms in total. The van der Waals surface area contributed by atoms with Crippen molar-refractivity contribution >= 4 is 28.9 Å². The number of nitro groups is 1. The van der Waals surface area contributed by atoms with E-state index in [1.807, 2.05) is 0 Å². The highest BCUT2D eigenvalue weighted by molar-refractivity contribution is 6.02. The summed E-state index contributed by atoms with van der Waals surface area (Å²) in [4.78, 5) is 36.3. The molecule has 0 aromatic heterocycles.